The monoisotopic (exact) mass is 468 g/mol. The first-order valence-electron chi connectivity index (χ1n) is 9.06. The van der Waals surface area contributed by atoms with Gasteiger partial charge >= 0.3 is 11.9 Å². The molecule has 10 heteroatoms. The van der Waals surface area contributed by atoms with Gasteiger partial charge in [-0.1, -0.05) is 23.7 Å². The molecule has 1 fully saturated rings. The fourth-order valence-electron chi connectivity index (χ4n) is 2.86. The SMILES string of the molecule is O=C1NC(=Nc2cccc(C(=O)O)c2)S/C1=C\c1ccc(-c2ccc(C(=O)O)c(Cl)c2)o1. The van der Waals surface area contributed by atoms with E-state index in [1.807, 2.05) is 0 Å². The Balaban J connectivity index is 1.54. The van der Waals surface area contributed by atoms with Gasteiger partial charge < -0.3 is 19.9 Å². The number of hydrogen-bond donors (Lipinski definition) is 3. The molecule has 3 aromatic rings. The molecule has 0 unspecified atom stereocenters. The third-order valence-corrected chi connectivity index (χ3v) is 5.58. The van der Waals surface area contributed by atoms with Crippen LogP contribution in [0.2, 0.25) is 5.02 Å². The minimum absolute atomic E-state index is 0.0101. The molecule has 1 aliphatic rings. The van der Waals surface area contributed by atoms with Gasteiger partial charge in [0, 0.05) is 11.6 Å². The summed E-state index contributed by atoms with van der Waals surface area (Å²) < 4.78 is 5.75. The van der Waals surface area contributed by atoms with Crippen molar-refractivity contribution >= 4 is 58.1 Å². The normalized spacial score (nSPS) is 15.8. The first-order valence-corrected chi connectivity index (χ1v) is 10.3. The van der Waals surface area contributed by atoms with E-state index in [0.29, 0.717) is 32.8 Å². The van der Waals surface area contributed by atoms with E-state index in [2.05, 4.69) is 10.3 Å². The summed E-state index contributed by atoms with van der Waals surface area (Å²) in [6.45, 7) is 0. The van der Waals surface area contributed by atoms with E-state index in [4.69, 9.17) is 26.2 Å². The third-order valence-electron chi connectivity index (χ3n) is 4.36. The molecule has 4 rings (SSSR count). The number of carbonyl (C=O) groups excluding carboxylic acids is 1. The summed E-state index contributed by atoms with van der Waals surface area (Å²) in [6.07, 6.45) is 1.55. The lowest BCUT2D eigenvalue weighted by Gasteiger charge is -2.01. The Kier molecular flexibility index (Phi) is 5.85. The van der Waals surface area contributed by atoms with E-state index < -0.39 is 11.9 Å². The summed E-state index contributed by atoms with van der Waals surface area (Å²) in [5.41, 5.74) is 1.07. The maximum atomic E-state index is 12.3. The van der Waals surface area contributed by atoms with Crippen LogP contribution in [0.25, 0.3) is 17.4 Å². The molecule has 8 nitrogen and oxygen atoms in total. The van der Waals surface area contributed by atoms with Crippen LogP contribution in [0, 0.1) is 0 Å². The van der Waals surface area contributed by atoms with Crippen molar-refractivity contribution in [3.8, 4) is 11.3 Å². The maximum Gasteiger partial charge on any atom is 0.337 e. The van der Waals surface area contributed by atoms with Gasteiger partial charge in [0.05, 0.1) is 26.7 Å². The second kappa shape index (κ2) is 8.74. The van der Waals surface area contributed by atoms with Crippen molar-refractivity contribution in [3.63, 3.8) is 0 Å². The van der Waals surface area contributed by atoms with Gasteiger partial charge in [-0.05, 0) is 54.2 Å². The summed E-state index contributed by atoms with van der Waals surface area (Å²) in [6, 6.07) is 13.9. The Bertz CT molecular complexity index is 1330. The second-order valence-corrected chi connectivity index (χ2v) is 7.98. The Morgan fingerprint density at radius 1 is 1.06 bits per heavy atom. The number of nitrogens with one attached hydrogen (secondary N) is 1. The number of amides is 1. The molecule has 2 aromatic carbocycles. The molecule has 0 spiro atoms. The molecule has 2 heterocycles. The summed E-state index contributed by atoms with van der Waals surface area (Å²) >= 11 is 7.10. The molecular formula is C22H13ClN2O6S. The molecule has 0 radical (unpaired) electrons. The van der Waals surface area contributed by atoms with Gasteiger partial charge in [-0.25, -0.2) is 14.6 Å². The van der Waals surface area contributed by atoms with Crippen LogP contribution in [0.5, 0.6) is 0 Å². The molecule has 1 saturated heterocycles. The highest BCUT2D eigenvalue weighted by Gasteiger charge is 2.24. The summed E-state index contributed by atoms with van der Waals surface area (Å²) in [4.78, 5) is 39.1. The number of aromatic carboxylic acids is 2. The zero-order valence-corrected chi connectivity index (χ0v) is 17.6. The molecule has 0 atom stereocenters. The van der Waals surface area contributed by atoms with E-state index in [-0.39, 0.29) is 22.1 Å². The van der Waals surface area contributed by atoms with E-state index in [0.717, 1.165) is 11.8 Å². The lowest BCUT2D eigenvalue weighted by molar-refractivity contribution is -0.115. The molecule has 1 aliphatic heterocycles. The quantitative estimate of drug-likeness (QED) is 0.454. The van der Waals surface area contributed by atoms with E-state index >= 15 is 0 Å². The Hall–Kier alpha value is -3.82. The van der Waals surface area contributed by atoms with Gasteiger partial charge in [-0.3, -0.25) is 4.79 Å². The van der Waals surface area contributed by atoms with Crippen LogP contribution >= 0.6 is 23.4 Å². The van der Waals surface area contributed by atoms with Gasteiger partial charge in [-0.2, -0.15) is 0 Å². The Morgan fingerprint density at radius 2 is 1.88 bits per heavy atom. The van der Waals surface area contributed by atoms with Crippen LogP contribution in [-0.2, 0) is 4.79 Å². The Labute approximate surface area is 190 Å². The number of carbonyl (C=O) groups is 3. The first kappa shape index (κ1) is 21.4. The van der Waals surface area contributed by atoms with Gasteiger partial charge in [0.2, 0.25) is 0 Å². The lowest BCUT2D eigenvalue weighted by atomic mass is 10.1. The molecule has 0 saturated carbocycles. The minimum atomic E-state index is -1.12. The van der Waals surface area contributed by atoms with E-state index in [1.165, 1.54) is 24.3 Å². The van der Waals surface area contributed by atoms with Crippen LogP contribution in [0.4, 0.5) is 5.69 Å². The van der Waals surface area contributed by atoms with E-state index in [9.17, 15) is 14.4 Å². The topological polar surface area (TPSA) is 129 Å². The third kappa shape index (κ3) is 4.58. The predicted octanol–water partition coefficient (Wildman–Crippen LogP) is 4.89. The van der Waals surface area contributed by atoms with Crippen LogP contribution < -0.4 is 5.32 Å². The molecule has 1 amide bonds. The average Bonchev–Trinajstić information content (AvgIpc) is 3.34. The van der Waals surface area contributed by atoms with Crippen LogP contribution in [0.15, 0.2) is 68.9 Å². The van der Waals surface area contributed by atoms with Crippen molar-refractivity contribution in [3.05, 3.63) is 81.4 Å². The number of aliphatic imine (C=N–C) groups is 1. The zero-order chi connectivity index (χ0) is 22.8. The van der Waals surface area contributed by atoms with Gasteiger partial charge in [0.1, 0.15) is 11.5 Å². The largest absolute Gasteiger partial charge is 0.478 e. The number of hydrogen-bond acceptors (Lipinski definition) is 6. The van der Waals surface area contributed by atoms with Crippen molar-refractivity contribution in [2.24, 2.45) is 4.99 Å². The highest BCUT2D eigenvalue weighted by Crippen LogP contribution is 2.31. The standard InChI is InChI=1S/C22H13ClN2O6S/c23-16-9-11(4-6-15(16)21(29)30)17-7-5-14(31-17)10-18-19(26)25-22(32-18)24-13-3-1-2-12(8-13)20(27)28/h1-10H,(H,27,28)(H,29,30)(H,24,25,26)/b18-10-. The van der Waals surface area contributed by atoms with Gasteiger partial charge in [0.25, 0.3) is 5.91 Å². The smallest absolute Gasteiger partial charge is 0.337 e. The van der Waals surface area contributed by atoms with Crippen LogP contribution in [0.3, 0.4) is 0 Å². The fourth-order valence-corrected chi connectivity index (χ4v) is 3.95. The first-order chi connectivity index (χ1) is 15.3. The van der Waals surface area contributed by atoms with Crippen LogP contribution in [0.1, 0.15) is 26.5 Å². The van der Waals surface area contributed by atoms with Crippen molar-refractivity contribution in [1.82, 2.24) is 5.32 Å². The number of thioether (sulfide) groups is 1. The molecule has 0 bridgehead atoms. The maximum absolute atomic E-state index is 12.3. The molecule has 3 N–H and O–H groups in total. The minimum Gasteiger partial charge on any atom is -0.478 e. The van der Waals surface area contributed by atoms with Crippen molar-refractivity contribution in [2.75, 3.05) is 0 Å². The van der Waals surface area contributed by atoms with Crippen molar-refractivity contribution in [2.45, 2.75) is 0 Å². The molecule has 1 aromatic heterocycles. The second-order valence-electron chi connectivity index (χ2n) is 6.54. The zero-order valence-electron chi connectivity index (χ0n) is 16.0. The predicted molar refractivity (Wildman–Crippen MR) is 120 cm³/mol. The number of benzene rings is 2. The number of halogens is 1. The summed E-state index contributed by atoms with van der Waals surface area (Å²) in [5.74, 6) is -1.69. The van der Waals surface area contributed by atoms with Crippen LogP contribution in [-0.4, -0.2) is 33.2 Å². The van der Waals surface area contributed by atoms with Gasteiger partial charge in [0.15, 0.2) is 5.17 Å². The van der Waals surface area contributed by atoms with Crippen molar-refractivity contribution in [1.29, 1.82) is 0 Å². The number of furan rings is 1. The number of carboxylic acid groups (broad SMARTS) is 2. The number of rotatable bonds is 5. The molecule has 0 aliphatic carbocycles. The highest BCUT2D eigenvalue weighted by molar-refractivity contribution is 8.18. The number of nitrogens with zero attached hydrogens (tertiary/aromatic N) is 1. The molecule has 32 heavy (non-hydrogen) atoms. The Morgan fingerprint density at radius 3 is 2.59 bits per heavy atom. The van der Waals surface area contributed by atoms with Crippen molar-refractivity contribution < 1.29 is 29.0 Å². The highest BCUT2D eigenvalue weighted by atomic mass is 35.5. The lowest BCUT2D eigenvalue weighted by Crippen LogP contribution is -2.19. The average molecular weight is 469 g/mol. The van der Waals surface area contributed by atoms with E-state index in [1.54, 1.807) is 36.4 Å². The summed E-state index contributed by atoms with van der Waals surface area (Å²) in [5, 5.41) is 21.2. The van der Waals surface area contributed by atoms with Gasteiger partial charge in [-0.15, -0.1) is 0 Å². The fraction of sp³-hybridized carbons (Fsp3) is 0. The summed E-state index contributed by atoms with van der Waals surface area (Å²) in [7, 11) is 0. The number of carboxylic acids is 2. The number of amidine groups is 1. The molecule has 160 valence electrons. The molecular weight excluding hydrogens is 456 g/mol.